The molecule has 0 N–H and O–H groups in total. The first-order chi connectivity index (χ1) is 10.7. The van der Waals surface area contributed by atoms with E-state index in [-0.39, 0.29) is 5.91 Å². The number of nitrogens with zero attached hydrogens (tertiary/aromatic N) is 5. The van der Waals surface area contributed by atoms with Crippen molar-refractivity contribution < 1.29 is 4.79 Å². The highest BCUT2D eigenvalue weighted by Gasteiger charge is 2.41. The molecule has 0 unspecified atom stereocenters. The predicted octanol–water partition coefficient (Wildman–Crippen LogP) is 2.07. The van der Waals surface area contributed by atoms with Crippen LogP contribution >= 0.6 is 0 Å². The minimum absolute atomic E-state index is 0.116. The van der Waals surface area contributed by atoms with Gasteiger partial charge in [-0.15, -0.1) is 0 Å². The Morgan fingerprint density at radius 3 is 2.82 bits per heavy atom. The second-order valence-corrected chi connectivity index (χ2v) is 6.26. The van der Waals surface area contributed by atoms with Crippen LogP contribution in [0.25, 0.3) is 5.82 Å². The molecule has 1 amide bonds. The Hall–Kier alpha value is -2.24. The fourth-order valence-corrected chi connectivity index (χ4v) is 2.99. The van der Waals surface area contributed by atoms with Gasteiger partial charge in [0.05, 0.1) is 0 Å². The van der Waals surface area contributed by atoms with Gasteiger partial charge in [0.1, 0.15) is 12.7 Å². The number of aromatic nitrogens is 4. The predicted molar refractivity (Wildman–Crippen MR) is 80.5 cm³/mol. The molecule has 2 aliphatic carbocycles. The van der Waals surface area contributed by atoms with Gasteiger partial charge < -0.3 is 4.90 Å². The molecule has 2 saturated carbocycles. The Labute approximate surface area is 129 Å². The molecule has 0 aliphatic heterocycles. The second-order valence-electron chi connectivity index (χ2n) is 6.26. The molecule has 22 heavy (non-hydrogen) atoms. The van der Waals surface area contributed by atoms with E-state index >= 15 is 0 Å². The van der Waals surface area contributed by atoms with Crippen LogP contribution in [0.15, 0.2) is 31.0 Å². The Balaban J connectivity index is 1.62. The number of hydrogen-bond donors (Lipinski definition) is 0. The van der Waals surface area contributed by atoms with Crippen molar-refractivity contribution in [1.82, 2.24) is 24.6 Å². The summed E-state index contributed by atoms with van der Waals surface area (Å²) in [7, 11) is 0. The molecule has 0 saturated heterocycles. The third kappa shape index (κ3) is 2.49. The molecule has 0 spiro atoms. The van der Waals surface area contributed by atoms with E-state index < -0.39 is 0 Å². The maximum atomic E-state index is 13.0. The number of carbonyl (C=O) groups is 1. The summed E-state index contributed by atoms with van der Waals surface area (Å²) in [5.41, 5.74) is 0.680. The lowest BCUT2D eigenvalue weighted by Crippen LogP contribution is -2.41. The lowest BCUT2D eigenvalue weighted by molar-refractivity contribution is 0.0654. The van der Waals surface area contributed by atoms with Crippen LogP contribution in [0.4, 0.5) is 0 Å². The van der Waals surface area contributed by atoms with Crippen LogP contribution in [-0.2, 0) is 0 Å². The fraction of sp³-hybridized carbons (Fsp3) is 0.500. The highest BCUT2D eigenvalue weighted by Crippen LogP contribution is 2.40. The van der Waals surface area contributed by atoms with E-state index in [1.165, 1.54) is 19.2 Å². The third-order valence-corrected chi connectivity index (χ3v) is 4.56. The smallest absolute Gasteiger partial charge is 0.254 e. The average Bonchev–Trinajstić information content (AvgIpc) is 3.47. The third-order valence-electron chi connectivity index (χ3n) is 4.56. The first kappa shape index (κ1) is 13.4. The first-order valence-electron chi connectivity index (χ1n) is 7.88. The van der Waals surface area contributed by atoms with E-state index in [2.05, 4.69) is 26.9 Å². The summed E-state index contributed by atoms with van der Waals surface area (Å²) in [6, 6.07) is 4.35. The summed E-state index contributed by atoms with van der Waals surface area (Å²) in [5.74, 6) is 1.42. The van der Waals surface area contributed by atoms with Crippen LogP contribution in [-0.4, -0.2) is 42.6 Å². The Kier molecular flexibility index (Phi) is 3.17. The normalized spacial score (nSPS) is 19.0. The maximum Gasteiger partial charge on any atom is 0.254 e. The monoisotopic (exact) mass is 297 g/mol. The molecule has 2 heterocycles. The molecule has 0 bridgehead atoms. The molecule has 0 aromatic carbocycles. The zero-order valence-corrected chi connectivity index (χ0v) is 12.6. The molecule has 6 nitrogen and oxygen atoms in total. The summed E-state index contributed by atoms with van der Waals surface area (Å²) < 4.78 is 1.57. The molecule has 2 fully saturated rings. The van der Waals surface area contributed by atoms with E-state index in [0.29, 0.717) is 29.4 Å². The molecular weight excluding hydrogens is 278 g/mol. The van der Waals surface area contributed by atoms with Gasteiger partial charge in [-0.2, -0.15) is 5.10 Å². The minimum Gasteiger partial charge on any atom is -0.333 e. The van der Waals surface area contributed by atoms with Crippen molar-refractivity contribution >= 4 is 5.91 Å². The van der Waals surface area contributed by atoms with Gasteiger partial charge in [0, 0.05) is 23.8 Å². The molecule has 2 aromatic heterocycles. The highest BCUT2D eigenvalue weighted by atomic mass is 16.2. The summed E-state index contributed by atoms with van der Waals surface area (Å²) >= 11 is 0. The van der Waals surface area contributed by atoms with E-state index in [0.717, 1.165) is 12.8 Å². The summed E-state index contributed by atoms with van der Waals surface area (Å²) in [6.45, 7) is 2.19. The van der Waals surface area contributed by atoms with E-state index in [9.17, 15) is 4.79 Å². The van der Waals surface area contributed by atoms with Crippen LogP contribution in [0, 0.1) is 5.92 Å². The van der Waals surface area contributed by atoms with Crippen molar-refractivity contribution in [3.63, 3.8) is 0 Å². The Morgan fingerprint density at radius 1 is 1.36 bits per heavy atom. The van der Waals surface area contributed by atoms with Gasteiger partial charge >= 0.3 is 0 Å². The largest absolute Gasteiger partial charge is 0.333 e. The van der Waals surface area contributed by atoms with Crippen LogP contribution < -0.4 is 0 Å². The van der Waals surface area contributed by atoms with Gasteiger partial charge in [-0.3, -0.25) is 4.79 Å². The molecule has 2 aliphatic rings. The Bertz CT molecular complexity index is 676. The van der Waals surface area contributed by atoms with Crippen molar-refractivity contribution in [2.24, 2.45) is 5.92 Å². The number of pyridine rings is 1. The van der Waals surface area contributed by atoms with Gasteiger partial charge in [0.15, 0.2) is 5.82 Å². The molecule has 114 valence electrons. The second kappa shape index (κ2) is 5.19. The standard InChI is InChI=1S/C16H19N5O/c1-11(12-2-3-12)21(14-4-5-14)16(22)13-6-7-18-15(8-13)20-10-17-9-19-20/h6-12,14H,2-5H2,1H3/t11-/m1/s1. The molecule has 6 heteroatoms. The van der Waals surface area contributed by atoms with E-state index in [1.54, 1.807) is 29.3 Å². The highest BCUT2D eigenvalue weighted by molar-refractivity contribution is 5.95. The molecule has 0 radical (unpaired) electrons. The van der Waals surface area contributed by atoms with Gasteiger partial charge in [0.2, 0.25) is 0 Å². The lowest BCUT2D eigenvalue weighted by Gasteiger charge is -2.29. The minimum atomic E-state index is 0.116. The summed E-state index contributed by atoms with van der Waals surface area (Å²) in [6.07, 6.45) is 9.46. The number of hydrogen-bond acceptors (Lipinski definition) is 4. The van der Waals surface area contributed by atoms with Gasteiger partial charge in [0.25, 0.3) is 5.91 Å². The number of rotatable bonds is 5. The van der Waals surface area contributed by atoms with Crippen molar-refractivity contribution in [2.45, 2.75) is 44.7 Å². The van der Waals surface area contributed by atoms with Crippen LogP contribution in [0.3, 0.4) is 0 Å². The SMILES string of the molecule is C[C@H](C1CC1)N(C(=O)c1ccnc(-n2cncn2)c1)C1CC1. The molecule has 1 atom stereocenters. The van der Waals surface area contributed by atoms with Gasteiger partial charge in [-0.1, -0.05) is 0 Å². The van der Waals surface area contributed by atoms with Crippen molar-refractivity contribution in [2.75, 3.05) is 0 Å². The van der Waals surface area contributed by atoms with E-state index in [1.807, 2.05) is 0 Å². The molecule has 4 rings (SSSR count). The summed E-state index contributed by atoms with van der Waals surface area (Å²) in [4.78, 5) is 23.3. The van der Waals surface area contributed by atoms with Gasteiger partial charge in [-0.05, 0) is 50.7 Å². The van der Waals surface area contributed by atoms with Crippen LogP contribution in [0.5, 0.6) is 0 Å². The molecular formula is C16H19N5O. The molecule has 2 aromatic rings. The average molecular weight is 297 g/mol. The fourth-order valence-electron chi connectivity index (χ4n) is 2.99. The van der Waals surface area contributed by atoms with Crippen molar-refractivity contribution in [1.29, 1.82) is 0 Å². The quantitative estimate of drug-likeness (QED) is 0.847. The Morgan fingerprint density at radius 2 is 2.18 bits per heavy atom. The van der Waals surface area contributed by atoms with Crippen molar-refractivity contribution in [3.8, 4) is 5.82 Å². The van der Waals surface area contributed by atoms with Crippen LogP contribution in [0.2, 0.25) is 0 Å². The lowest BCUT2D eigenvalue weighted by atomic mass is 10.1. The van der Waals surface area contributed by atoms with Gasteiger partial charge in [-0.25, -0.2) is 14.6 Å². The summed E-state index contributed by atoms with van der Waals surface area (Å²) in [5, 5.41) is 4.07. The van der Waals surface area contributed by atoms with E-state index in [4.69, 9.17) is 0 Å². The number of amides is 1. The first-order valence-corrected chi connectivity index (χ1v) is 7.88. The number of carbonyl (C=O) groups excluding carboxylic acids is 1. The van der Waals surface area contributed by atoms with Crippen LogP contribution in [0.1, 0.15) is 43.0 Å². The maximum absolute atomic E-state index is 13.0. The zero-order valence-electron chi connectivity index (χ0n) is 12.6. The topological polar surface area (TPSA) is 63.9 Å². The zero-order chi connectivity index (χ0) is 15.1. The van der Waals surface area contributed by atoms with Crippen molar-refractivity contribution in [3.05, 3.63) is 36.5 Å².